The largest absolute Gasteiger partial charge is 0.496 e. The lowest BCUT2D eigenvalue weighted by molar-refractivity contribution is -0.345. The lowest BCUT2D eigenvalue weighted by Crippen LogP contribution is -2.60. The first-order valence-electron chi connectivity index (χ1n) is 7.54. The van der Waals surface area contributed by atoms with Crippen molar-refractivity contribution in [3.8, 4) is 5.75 Å². The highest BCUT2D eigenvalue weighted by molar-refractivity contribution is 5.85. The smallest absolute Gasteiger partial charge is 0.460 e. The molecule has 0 heterocycles. The van der Waals surface area contributed by atoms with E-state index in [2.05, 4.69) is 0 Å². The summed E-state index contributed by atoms with van der Waals surface area (Å²) >= 11 is 0. The summed E-state index contributed by atoms with van der Waals surface area (Å²) in [6.45, 7) is 2.04. The third-order valence-corrected chi connectivity index (χ3v) is 3.78. The van der Waals surface area contributed by atoms with Gasteiger partial charge in [-0.15, -0.1) is 0 Å². The minimum atomic E-state index is -6.55. The number of ether oxygens (including phenoxy) is 1. The highest BCUT2D eigenvalue weighted by atomic mass is 19.4. The van der Waals surface area contributed by atoms with Gasteiger partial charge in [-0.3, -0.25) is 4.79 Å². The van der Waals surface area contributed by atoms with Gasteiger partial charge in [-0.05, 0) is 37.5 Å². The maximum atomic E-state index is 13.6. The molecule has 0 aromatic heterocycles. The van der Waals surface area contributed by atoms with Crippen LogP contribution < -0.4 is 4.74 Å². The van der Waals surface area contributed by atoms with E-state index in [1.807, 2.05) is 0 Å². The van der Waals surface area contributed by atoms with Gasteiger partial charge in [-0.1, -0.05) is 12.1 Å². The number of carbonyl (C=O) groups is 1. The number of alkyl halides is 7. The summed E-state index contributed by atoms with van der Waals surface area (Å²) < 4.78 is 95.0. The molecule has 1 rings (SSSR count). The molecule has 0 aliphatic heterocycles. The number of methoxy groups -OCH3 is 1. The van der Waals surface area contributed by atoms with Crippen LogP contribution in [0.4, 0.5) is 30.7 Å². The number of carbonyl (C=O) groups excluding carboxylic acids is 1. The van der Waals surface area contributed by atoms with Crippen LogP contribution >= 0.6 is 0 Å². The highest BCUT2D eigenvalue weighted by Gasteiger charge is 2.76. The number of benzene rings is 1. The minimum Gasteiger partial charge on any atom is -0.496 e. The second-order valence-electron chi connectivity index (χ2n) is 5.60. The first kappa shape index (κ1) is 22.0. The normalized spacial score (nSPS) is 12.8. The van der Waals surface area contributed by atoms with Crippen molar-refractivity contribution < 1.29 is 40.3 Å². The van der Waals surface area contributed by atoms with Gasteiger partial charge in [0.15, 0.2) is 0 Å². The molecule has 0 spiro atoms. The Hall–Kier alpha value is -2.00. The molecular formula is C16H18F7NO2. The molecule has 3 nitrogen and oxygen atoms in total. The molecule has 0 aliphatic rings. The zero-order valence-corrected chi connectivity index (χ0v) is 14.3. The molecule has 1 aromatic carbocycles. The van der Waals surface area contributed by atoms with Gasteiger partial charge in [0.1, 0.15) is 5.75 Å². The van der Waals surface area contributed by atoms with Crippen molar-refractivity contribution in [1.29, 1.82) is 0 Å². The maximum Gasteiger partial charge on any atom is 0.460 e. The zero-order chi connectivity index (χ0) is 20.3. The molecule has 26 heavy (non-hydrogen) atoms. The summed E-state index contributed by atoms with van der Waals surface area (Å²) in [5.74, 6) is -14.6. The number of hydrogen-bond donors (Lipinski definition) is 0. The van der Waals surface area contributed by atoms with Crippen molar-refractivity contribution in [2.75, 3.05) is 20.2 Å². The lowest BCUT2D eigenvalue weighted by Gasteiger charge is -2.31. The van der Waals surface area contributed by atoms with Crippen LogP contribution in [0.1, 0.15) is 18.1 Å². The van der Waals surface area contributed by atoms with Crippen LogP contribution in [0, 0.1) is 6.92 Å². The van der Waals surface area contributed by atoms with E-state index in [1.54, 1.807) is 25.1 Å². The van der Waals surface area contributed by atoms with Gasteiger partial charge in [0.25, 0.3) is 5.91 Å². The van der Waals surface area contributed by atoms with Crippen molar-refractivity contribution in [1.82, 2.24) is 4.90 Å². The van der Waals surface area contributed by atoms with Crippen LogP contribution in [0.25, 0.3) is 0 Å². The fourth-order valence-electron chi connectivity index (χ4n) is 2.23. The second kappa shape index (κ2) is 7.71. The van der Waals surface area contributed by atoms with Crippen molar-refractivity contribution in [2.24, 2.45) is 0 Å². The molecule has 10 heteroatoms. The molecular weight excluding hydrogens is 371 g/mol. The van der Waals surface area contributed by atoms with Crippen molar-refractivity contribution in [3.05, 3.63) is 29.3 Å². The van der Waals surface area contributed by atoms with E-state index in [-0.39, 0.29) is 11.3 Å². The molecule has 1 aromatic rings. The predicted molar refractivity (Wildman–Crippen MR) is 79.6 cm³/mol. The molecule has 0 fully saturated rings. The number of rotatable bonds is 7. The quantitative estimate of drug-likeness (QED) is 0.654. The summed E-state index contributed by atoms with van der Waals surface area (Å²) in [4.78, 5) is 11.9. The number of aryl methyl sites for hydroxylation is 1. The summed E-state index contributed by atoms with van der Waals surface area (Å²) in [6, 6.07) is 4.91. The molecule has 0 saturated carbocycles. The molecule has 0 radical (unpaired) electrons. The van der Waals surface area contributed by atoms with Gasteiger partial charge in [0.05, 0.1) is 7.11 Å². The van der Waals surface area contributed by atoms with E-state index in [0.717, 1.165) is 5.56 Å². The van der Waals surface area contributed by atoms with Gasteiger partial charge >= 0.3 is 18.0 Å². The monoisotopic (exact) mass is 389 g/mol. The third-order valence-electron chi connectivity index (χ3n) is 3.78. The molecule has 0 atom stereocenters. The predicted octanol–water partition coefficient (Wildman–Crippen LogP) is 4.23. The third kappa shape index (κ3) is 4.21. The van der Waals surface area contributed by atoms with Crippen molar-refractivity contribution in [2.45, 2.75) is 38.3 Å². The Morgan fingerprint density at radius 2 is 1.69 bits per heavy atom. The van der Waals surface area contributed by atoms with Gasteiger partial charge in [0, 0.05) is 13.1 Å². The van der Waals surface area contributed by atoms with E-state index >= 15 is 0 Å². The number of likely N-dealkylation sites (N-methyl/N-ethyl adjacent to an activating group) is 1. The van der Waals surface area contributed by atoms with Gasteiger partial charge < -0.3 is 9.64 Å². The van der Waals surface area contributed by atoms with Crippen LogP contribution in [0.5, 0.6) is 5.75 Å². The molecule has 0 bridgehead atoms. The van der Waals surface area contributed by atoms with Crippen LogP contribution in [0.15, 0.2) is 18.2 Å². The van der Waals surface area contributed by atoms with Gasteiger partial charge in [-0.2, -0.15) is 30.7 Å². The fourth-order valence-corrected chi connectivity index (χ4v) is 2.23. The van der Waals surface area contributed by atoms with E-state index in [9.17, 15) is 35.5 Å². The number of halogens is 7. The molecule has 148 valence electrons. The lowest BCUT2D eigenvalue weighted by atomic mass is 10.1. The van der Waals surface area contributed by atoms with Crippen molar-refractivity contribution >= 4 is 5.91 Å². The molecule has 0 unspecified atom stereocenters. The fraction of sp³-hybridized carbons (Fsp3) is 0.562. The SMILES string of the molecule is CCN(CCc1ccc(C)cc1OC)C(=O)C(F)(F)C(F)(F)C(F)(F)F. The summed E-state index contributed by atoms with van der Waals surface area (Å²) in [7, 11) is 1.36. The first-order valence-corrected chi connectivity index (χ1v) is 7.54. The Labute approximate surface area is 145 Å². The van der Waals surface area contributed by atoms with Crippen molar-refractivity contribution in [3.63, 3.8) is 0 Å². The Kier molecular flexibility index (Phi) is 6.54. The molecule has 1 amide bonds. The topological polar surface area (TPSA) is 29.5 Å². The van der Waals surface area contributed by atoms with E-state index < -0.39 is 37.0 Å². The van der Waals surface area contributed by atoms with E-state index in [1.165, 1.54) is 14.0 Å². The summed E-state index contributed by atoms with van der Waals surface area (Å²) in [5, 5.41) is 0. The van der Waals surface area contributed by atoms with Gasteiger partial charge in [0.2, 0.25) is 0 Å². The molecule has 0 saturated heterocycles. The van der Waals surface area contributed by atoms with E-state index in [4.69, 9.17) is 4.74 Å². The van der Waals surface area contributed by atoms with Crippen LogP contribution in [-0.4, -0.2) is 49.0 Å². The average molecular weight is 389 g/mol. The van der Waals surface area contributed by atoms with E-state index in [0.29, 0.717) is 11.3 Å². The Balaban J connectivity index is 3.00. The van der Waals surface area contributed by atoms with Crippen LogP contribution in [0.3, 0.4) is 0 Å². The Bertz CT molecular complexity index is 644. The standard InChI is InChI=1S/C16H18F7NO2/c1-4-24(8-7-11-6-5-10(2)9-12(11)26-3)13(25)14(17,18)15(19,20)16(21,22)23/h5-6,9H,4,7-8H2,1-3H3. The molecule has 0 aliphatic carbocycles. The minimum absolute atomic E-state index is 0.0588. The number of nitrogens with zero attached hydrogens (tertiary/aromatic N) is 1. The molecule has 0 N–H and O–H groups in total. The van der Waals surface area contributed by atoms with Crippen LogP contribution in [0.2, 0.25) is 0 Å². The average Bonchev–Trinajstić information content (AvgIpc) is 2.54. The Morgan fingerprint density at radius 1 is 1.12 bits per heavy atom. The van der Waals surface area contributed by atoms with Gasteiger partial charge in [-0.25, -0.2) is 0 Å². The van der Waals surface area contributed by atoms with Crippen LogP contribution in [-0.2, 0) is 11.2 Å². The second-order valence-corrected chi connectivity index (χ2v) is 5.60. The Morgan fingerprint density at radius 3 is 2.15 bits per heavy atom. The number of hydrogen-bond acceptors (Lipinski definition) is 2. The zero-order valence-electron chi connectivity index (χ0n) is 14.3. The number of amides is 1. The summed E-state index contributed by atoms with van der Waals surface area (Å²) in [5.41, 5.74) is 1.33. The first-order chi connectivity index (χ1) is 11.8. The highest BCUT2D eigenvalue weighted by Crippen LogP contribution is 2.47. The summed E-state index contributed by atoms with van der Waals surface area (Å²) in [6.07, 6.45) is -6.61. The maximum absolute atomic E-state index is 13.6.